The number of hydrogen-bond acceptors (Lipinski definition) is 6. The van der Waals surface area contributed by atoms with Crippen LogP contribution in [-0.4, -0.2) is 48.4 Å². The van der Waals surface area contributed by atoms with Crippen molar-refractivity contribution in [2.24, 2.45) is 0 Å². The van der Waals surface area contributed by atoms with Crippen LogP contribution in [0.25, 0.3) is 11.5 Å². The predicted octanol–water partition coefficient (Wildman–Crippen LogP) is 4.80. The van der Waals surface area contributed by atoms with E-state index in [1.54, 1.807) is 19.2 Å². The Kier molecular flexibility index (Phi) is 6.04. The molecule has 0 spiro atoms. The highest BCUT2D eigenvalue weighted by Gasteiger charge is 2.32. The van der Waals surface area contributed by atoms with Crippen LogP contribution in [0.4, 0.5) is 10.1 Å². The molecule has 3 aromatic carbocycles. The van der Waals surface area contributed by atoms with Crippen LogP contribution in [-0.2, 0) is 0 Å². The molecule has 33 heavy (non-hydrogen) atoms. The highest BCUT2D eigenvalue weighted by molar-refractivity contribution is 5.52. The van der Waals surface area contributed by atoms with Gasteiger partial charge in [-0.05, 0) is 42.5 Å². The number of ether oxygens (including phenoxy) is 1. The molecule has 7 heteroatoms. The lowest BCUT2D eigenvalue weighted by Gasteiger charge is -2.39. The van der Waals surface area contributed by atoms with Crippen LogP contribution in [0.1, 0.15) is 17.5 Å². The van der Waals surface area contributed by atoms with Crippen LogP contribution >= 0.6 is 0 Å². The normalized spacial score (nSPS) is 15.4. The molecule has 5 rings (SSSR count). The van der Waals surface area contributed by atoms with E-state index in [4.69, 9.17) is 9.15 Å². The van der Waals surface area contributed by atoms with Gasteiger partial charge in [-0.25, -0.2) is 4.39 Å². The van der Waals surface area contributed by atoms with Crippen LogP contribution in [0.2, 0.25) is 0 Å². The van der Waals surface area contributed by atoms with E-state index < -0.39 is 6.04 Å². The third kappa shape index (κ3) is 4.45. The maximum atomic E-state index is 14.9. The van der Waals surface area contributed by atoms with Crippen LogP contribution in [0.15, 0.2) is 83.3 Å². The molecule has 1 aliphatic heterocycles. The fourth-order valence-electron chi connectivity index (χ4n) is 4.26. The average Bonchev–Trinajstić information content (AvgIpc) is 3.36. The SMILES string of the molecule is COc1ccc(N2CCN([C@@H](c3nnc(-c4ccccc4)o3)c3ccccc3F)CC2)cc1. The summed E-state index contributed by atoms with van der Waals surface area (Å²) in [5.41, 5.74) is 2.52. The molecule has 1 saturated heterocycles. The third-order valence-electron chi connectivity index (χ3n) is 6.01. The molecule has 4 aromatic rings. The zero-order valence-electron chi connectivity index (χ0n) is 18.4. The average molecular weight is 445 g/mol. The van der Waals surface area contributed by atoms with Gasteiger partial charge in [0, 0.05) is 43.0 Å². The van der Waals surface area contributed by atoms with Gasteiger partial charge in [0.25, 0.3) is 0 Å². The van der Waals surface area contributed by atoms with E-state index in [0.717, 1.165) is 43.2 Å². The van der Waals surface area contributed by atoms with Crippen molar-refractivity contribution >= 4 is 5.69 Å². The van der Waals surface area contributed by atoms with Gasteiger partial charge in [-0.2, -0.15) is 0 Å². The molecule has 2 heterocycles. The van der Waals surface area contributed by atoms with Crippen molar-refractivity contribution in [3.8, 4) is 17.2 Å². The van der Waals surface area contributed by atoms with Crippen LogP contribution in [0.3, 0.4) is 0 Å². The molecule has 0 amide bonds. The topological polar surface area (TPSA) is 54.6 Å². The molecule has 0 radical (unpaired) electrons. The molecular formula is C26H25FN4O2. The number of hydrogen-bond donors (Lipinski definition) is 0. The summed E-state index contributed by atoms with van der Waals surface area (Å²) in [6.07, 6.45) is 0. The van der Waals surface area contributed by atoms with Crippen LogP contribution < -0.4 is 9.64 Å². The Morgan fingerprint density at radius 2 is 1.55 bits per heavy atom. The van der Waals surface area contributed by atoms with E-state index in [-0.39, 0.29) is 5.82 Å². The summed E-state index contributed by atoms with van der Waals surface area (Å²) in [5, 5.41) is 8.58. The van der Waals surface area contributed by atoms with Gasteiger partial charge in [0.1, 0.15) is 17.6 Å². The number of piperazine rings is 1. The lowest BCUT2D eigenvalue weighted by Crippen LogP contribution is -2.48. The van der Waals surface area contributed by atoms with E-state index in [0.29, 0.717) is 17.3 Å². The number of rotatable bonds is 6. The first-order chi connectivity index (χ1) is 16.2. The summed E-state index contributed by atoms with van der Waals surface area (Å²) in [5.74, 6) is 1.39. The van der Waals surface area contributed by atoms with E-state index in [9.17, 15) is 4.39 Å². The molecule has 0 unspecified atom stereocenters. The van der Waals surface area contributed by atoms with Crippen molar-refractivity contribution in [2.75, 3.05) is 38.2 Å². The van der Waals surface area contributed by atoms with E-state index in [1.165, 1.54) is 6.07 Å². The second-order valence-electron chi connectivity index (χ2n) is 7.96. The zero-order chi connectivity index (χ0) is 22.6. The van der Waals surface area contributed by atoms with Gasteiger partial charge in [-0.3, -0.25) is 4.90 Å². The molecule has 0 bridgehead atoms. The molecule has 6 nitrogen and oxygen atoms in total. The predicted molar refractivity (Wildman–Crippen MR) is 125 cm³/mol. The van der Waals surface area contributed by atoms with Crippen molar-refractivity contribution in [1.82, 2.24) is 15.1 Å². The van der Waals surface area contributed by atoms with Gasteiger partial charge in [-0.1, -0.05) is 36.4 Å². The van der Waals surface area contributed by atoms with Gasteiger partial charge in [0.05, 0.1) is 7.11 Å². The number of aromatic nitrogens is 2. The Balaban J connectivity index is 1.40. The van der Waals surface area contributed by atoms with Crippen LogP contribution in [0.5, 0.6) is 5.75 Å². The lowest BCUT2D eigenvalue weighted by molar-refractivity contribution is 0.184. The first-order valence-electron chi connectivity index (χ1n) is 11.0. The Morgan fingerprint density at radius 3 is 2.24 bits per heavy atom. The minimum atomic E-state index is -0.450. The maximum Gasteiger partial charge on any atom is 0.247 e. The van der Waals surface area contributed by atoms with Crippen LogP contribution in [0, 0.1) is 5.82 Å². The molecule has 1 aliphatic rings. The van der Waals surface area contributed by atoms with Gasteiger partial charge in [0.15, 0.2) is 0 Å². The minimum absolute atomic E-state index is 0.278. The summed E-state index contributed by atoms with van der Waals surface area (Å²) < 4.78 is 26.2. The summed E-state index contributed by atoms with van der Waals surface area (Å²) in [6, 6.07) is 24.0. The van der Waals surface area contributed by atoms with Gasteiger partial charge < -0.3 is 14.1 Å². The fourth-order valence-corrected chi connectivity index (χ4v) is 4.26. The Morgan fingerprint density at radius 1 is 0.848 bits per heavy atom. The fraction of sp³-hybridized carbons (Fsp3) is 0.231. The number of anilines is 1. The monoisotopic (exact) mass is 444 g/mol. The van der Waals surface area contributed by atoms with E-state index in [2.05, 4.69) is 32.1 Å². The molecule has 168 valence electrons. The highest BCUT2D eigenvalue weighted by Crippen LogP contribution is 2.33. The maximum absolute atomic E-state index is 14.9. The van der Waals surface area contributed by atoms with Gasteiger partial charge >= 0.3 is 0 Å². The second kappa shape index (κ2) is 9.42. The van der Waals surface area contributed by atoms with Gasteiger partial charge in [0.2, 0.25) is 11.8 Å². The summed E-state index contributed by atoms with van der Waals surface area (Å²) in [6.45, 7) is 3.07. The van der Waals surface area contributed by atoms with Crippen molar-refractivity contribution in [2.45, 2.75) is 6.04 Å². The van der Waals surface area contributed by atoms with E-state index in [1.807, 2.05) is 48.5 Å². The first kappa shape index (κ1) is 21.2. The minimum Gasteiger partial charge on any atom is -0.497 e. The van der Waals surface area contributed by atoms with Crippen molar-refractivity contribution < 1.29 is 13.5 Å². The third-order valence-corrected chi connectivity index (χ3v) is 6.01. The Labute approximate surface area is 192 Å². The molecule has 1 atom stereocenters. The van der Waals surface area contributed by atoms with Crippen molar-refractivity contribution in [1.29, 1.82) is 0 Å². The van der Waals surface area contributed by atoms with Crippen molar-refractivity contribution in [3.05, 3.63) is 96.1 Å². The number of halogens is 1. The molecule has 1 aromatic heterocycles. The number of methoxy groups -OCH3 is 1. The lowest BCUT2D eigenvalue weighted by atomic mass is 10.0. The molecule has 0 saturated carbocycles. The second-order valence-corrected chi connectivity index (χ2v) is 7.96. The van der Waals surface area contributed by atoms with E-state index >= 15 is 0 Å². The molecule has 0 aliphatic carbocycles. The van der Waals surface area contributed by atoms with Crippen molar-refractivity contribution in [3.63, 3.8) is 0 Å². The molecule has 1 fully saturated rings. The quantitative estimate of drug-likeness (QED) is 0.426. The number of nitrogens with zero attached hydrogens (tertiary/aromatic N) is 4. The summed E-state index contributed by atoms with van der Waals surface area (Å²) in [4.78, 5) is 4.53. The Bertz CT molecular complexity index is 1190. The Hall–Kier alpha value is -3.71. The highest BCUT2D eigenvalue weighted by atomic mass is 19.1. The first-order valence-corrected chi connectivity index (χ1v) is 11.0. The zero-order valence-corrected chi connectivity index (χ0v) is 18.4. The largest absolute Gasteiger partial charge is 0.497 e. The summed E-state index contributed by atoms with van der Waals surface area (Å²) >= 11 is 0. The standard InChI is InChI=1S/C26H25FN4O2/c1-32-21-13-11-20(12-14-21)30-15-17-31(18-16-30)24(22-9-5-6-10-23(22)27)26-29-28-25(33-26)19-7-3-2-4-8-19/h2-14,24H,15-18H2,1H3/t24-/m1/s1. The van der Waals surface area contributed by atoms with Gasteiger partial charge in [-0.15, -0.1) is 10.2 Å². The summed E-state index contributed by atoms with van der Waals surface area (Å²) in [7, 11) is 1.66. The number of benzene rings is 3. The molecule has 0 N–H and O–H groups in total. The molecular weight excluding hydrogens is 419 g/mol. The smallest absolute Gasteiger partial charge is 0.247 e.